The largest absolute Gasteiger partial charge is 0.333 e. The minimum Gasteiger partial charge on any atom is -0.333 e. The first-order valence-corrected chi connectivity index (χ1v) is 9.85. The summed E-state index contributed by atoms with van der Waals surface area (Å²) in [6.45, 7) is 9.86. The molecule has 2 rings (SSSR count). The molecule has 146 valence electrons. The first-order valence-electron chi connectivity index (χ1n) is 8.59. The van der Waals surface area contributed by atoms with E-state index in [0.717, 1.165) is 5.56 Å². The first kappa shape index (κ1) is 21.2. The second-order valence-corrected chi connectivity index (χ2v) is 8.76. The lowest BCUT2D eigenvalue weighted by molar-refractivity contribution is -0.119. The van der Waals surface area contributed by atoms with Gasteiger partial charge in [-0.3, -0.25) is 10.1 Å². The summed E-state index contributed by atoms with van der Waals surface area (Å²) in [7, 11) is 0. The molecular formula is C18H24ClN5O2S. The summed E-state index contributed by atoms with van der Waals surface area (Å²) in [5.74, 6) is 0.289. The third kappa shape index (κ3) is 5.97. The van der Waals surface area contributed by atoms with Crippen LogP contribution in [0.1, 0.15) is 34.6 Å². The molecule has 27 heavy (non-hydrogen) atoms. The molecule has 3 amide bonds. The van der Waals surface area contributed by atoms with Crippen molar-refractivity contribution in [2.45, 2.75) is 57.1 Å². The fourth-order valence-corrected chi connectivity index (χ4v) is 3.40. The molecule has 2 aromatic rings. The Morgan fingerprint density at radius 1 is 1.30 bits per heavy atom. The lowest BCUT2D eigenvalue weighted by Crippen LogP contribution is -2.49. The molecule has 1 aromatic heterocycles. The van der Waals surface area contributed by atoms with Crippen molar-refractivity contribution in [3.8, 4) is 11.4 Å². The minimum atomic E-state index is -0.517. The van der Waals surface area contributed by atoms with Gasteiger partial charge in [-0.15, -0.1) is 10.2 Å². The highest BCUT2D eigenvalue weighted by Crippen LogP contribution is 2.28. The Morgan fingerprint density at radius 2 is 2.00 bits per heavy atom. The van der Waals surface area contributed by atoms with E-state index in [4.69, 9.17) is 11.6 Å². The van der Waals surface area contributed by atoms with Gasteiger partial charge in [0, 0.05) is 22.7 Å². The average Bonchev–Trinajstić information content (AvgIpc) is 2.95. The van der Waals surface area contributed by atoms with Gasteiger partial charge in [0.15, 0.2) is 11.0 Å². The van der Waals surface area contributed by atoms with Gasteiger partial charge in [0.05, 0.1) is 5.25 Å². The Balaban J connectivity index is 2.11. The van der Waals surface area contributed by atoms with E-state index in [1.807, 2.05) is 50.5 Å². The Hall–Kier alpha value is -2.06. The van der Waals surface area contributed by atoms with Gasteiger partial charge >= 0.3 is 6.03 Å². The van der Waals surface area contributed by atoms with Crippen molar-refractivity contribution >= 4 is 35.3 Å². The second-order valence-electron chi connectivity index (χ2n) is 7.01. The van der Waals surface area contributed by atoms with E-state index in [2.05, 4.69) is 20.8 Å². The molecule has 9 heteroatoms. The summed E-state index contributed by atoms with van der Waals surface area (Å²) in [5, 5.41) is 14.2. The number of imide groups is 1. The van der Waals surface area contributed by atoms with Crippen molar-refractivity contribution in [1.82, 2.24) is 25.4 Å². The van der Waals surface area contributed by atoms with Gasteiger partial charge in [-0.05, 0) is 46.8 Å². The van der Waals surface area contributed by atoms with E-state index in [9.17, 15) is 9.59 Å². The first-order chi connectivity index (χ1) is 12.6. The third-order valence-electron chi connectivity index (χ3n) is 3.49. The van der Waals surface area contributed by atoms with Crippen LogP contribution in [0, 0.1) is 0 Å². The normalized spacial score (nSPS) is 12.5. The van der Waals surface area contributed by atoms with Crippen LogP contribution < -0.4 is 10.6 Å². The number of hydrogen-bond acceptors (Lipinski definition) is 5. The molecule has 0 spiro atoms. The molecule has 0 aliphatic rings. The van der Waals surface area contributed by atoms with Crippen LogP contribution >= 0.6 is 23.4 Å². The average molecular weight is 410 g/mol. The van der Waals surface area contributed by atoms with Crippen LogP contribution in [0.5, 0.6) is 0 Å². The van der Waals surface area contributed by atoms with E-state index < -0.39 is 22.7 Å². The maximum Gasteiger partial charge on any atom is 0.321 e. The number of nitrogens with one attached hydrogen (secondary N) is 2. The quantitative estimate of drug-likeness (QED) is 0.734. The number of benzene rings is 1. The van der Waals surface area contributed by atoms with Gasteiger partial charge in [-0.2, -0.15) is 0 Å². The summed E-state index contributed by atoms with van der Waals surface area (Å²) in [6, 6.07) is 6.85. The Kier molecular flexibility index (Phi) is 6.89. The third-order valence-corrected chi connectivity index (χ3v) is 4.81. The molecule has 0 fully saturated rings. The molecule has 0 saturated heterocycles. The van der Waals surface area contributed by atoms with Gasteiger partial charge < -0.3 is 9.88 Å². The smallest absolute Gasteiger partial charge is 0.321 e. The molecular weight excluding hydrogens is 386 g/mol. The predicted octanol–water partition coefficient (Wildman–Crippen LogP) is 3.72. The van der Waals surface area contributed by atoms with Gasteiger partial charge in [-0.25, -0.2) is 4.79 Å². The lowest BCUT2D eigenvalue weighted by Gasteiger charge is -2.21. The molecule has 0 radical (unpaired) electrons. The zero-order valence-corrected chi connectivity index (χ0v) is 17.6. The van der Waals surface area contributed by atoms with Crippen LogP contribution in [0.3, 0.4) is 0 Å². The zero-order chi connectivity index (χ0) is 20.2. The number of nitrogens with zero attached hydrogens (tertiary/aromatic N) is 3. The van der Waals surface area contributed by atoms with Crippen molar-refractivity contribution in [2.75, 3.05) is 0 Å². The zero-order valence-electron chi connectivity index (χ0n) is 16.0. The molecule has 2 N–H and O–H groups in total. The molecule has 0 unspecified atom stereocenters. The van der Waals surface area contributed by atoms with Gasteiger partial charge in [-0.1, -0.05) is 35.5 Å². The van der Waals surface area contributed by atoms with Crippen LogP contribution in [0.15, 0.2) is 29.4 Å². The standard InChI is InChI=1S/C18H24ClN5O2S/c1-6-24-14(12-8-7-9-13(19)10-12)22-23-17(24)27-11(2)15(25)20-16(26)21-18(3,4)5/h7-11H,6H2,1-5H3,(H2,20,21,25,26)/t11-/m0/s1. The predicted molar refractivity (Wildman–Crippen MR) is 108 cm³/mol. The highest BCUT2D eigenvalue weighted by molar-refractivity contribution is 8.00. The Morgan fingerprint density at radius 3 is 2.59 bits per heavy atom. The van der Waals surface area contributed by atoms with Crippen molar-refractivity contribution in [2.24, 2.45) is 0 Å². The van der Waals surface area contributed by atoms with E-state index in [1.54, 1.807) is 13.0 Å². The van der Waals surface area contributed by atoms with Crippen LogP contribution in [0.4, 0.5) is 4.79 Å². The number of thioether (sulfide) groups is 1. The minimum absolute atomic E-state index is 0.392. The van der Waals surface area contributed by atoms with E-state index in [1.165, 1.54) is 11.8 Å². The van der Waals surface area contributed by atoms with Gasteiger partial charge in [0.1, 0.15) is 0 Å². The molecule has 0 bridgehead atoms. The van der Waals surface area contributed by atoms with Crippen LogP contribution in [0.2, 0.25) is 5.02 Å². The SMILES string of the molecule is CCn1c(S[C@@H](C)C(=O)NC(=O)NC(C)(C)C)nnc1-c1cccc(Cl)c1. The Labute approximate surface area is 168 Å². The topological polar surface area (TPSA) is 88.9 Å². The molecule has 0 aliphatic carbocycles. The Bertz CT molecular complexity index is 831. The summed E-state index contributed by atoms with van der Waals surface area (Å²) < 4.78 is 1.91. The molecule has 1 atom stereocenters. The number of carbonyl (C=O) groups excluding carboxylic acids is 2. The van der Waals surface area contributed by atoms with Gasteiger partial charge in [0.25, 0.3) is 0 Å². The summed E-state index contributed by atoms with van der Waals surface area (Å²) in [6.07, 6.45) is 0. The van der Waals surface area contributed by atoms with Crippen molar-refractivity contribution in [3.63, 3.8) is 0 Å². The number of carbonyl (C=O) groups is 2. The molecule has 7 nitrogen and oxygen atoms in total. The lowest BCUT2D eigenvalue weighted by atomic mass is 10.1. The summed E-state index contributed by atoms with van der Waals surface area (Å²) in [4.78, 5) is 24.2. The van der Waals surface area contributed by atoms with Crippen molar-refractivity contribution < 1.29 is 9.59 Å². The maximum atomic E-state index is 12.3. The number of rotatable bonds is 5. The molecule has 1 heterocycles. The van der Waals surface area contributed by atoms with E-state index >= 15 is 0 Å². The summed E-state index contributed by atoms with van der Waals surface area (Å²) >= 11 is 7.31. The van der Waals surface area contributed by atoms with Crippen LogP contribution in [-0.4, -0.2) is 37.5 Å². The van der Waals surface area contributed by atoms with Crippen LogP contribution in [0.25, 0.3) is 11.4 Å². The number of halogens is 1. The highest BCUT2D eigenvalue weighted by atomic mass is 35.5. The van der Waals surface area contributed by atoms with E-state index in [-0.39, 0.29) is 0 Å². The summed E-state index contributed by atoms with van der Waals surface area (Å²) in [5.41, 5.74) is 0.431. The monoisotopic (exact) mass is 409 g/mol. The molecule has 0 saturated carbocycles. The van der Waals surface area contributed by atoms with Gasteiger partial charge in [0.2, 0.25) is 5.91 Å². The van der Waals surface area contributed by atoms with Crippen LogP contribution in [-0.2, 0) is 11.3 Å². The number of aromatic nitrogens is 3. The molecule has 0 aliphatic heterocycles. The van der Waals surface area contributed by atoms with Crippen molar-refractivity contribution in [3.05, 3.63) is 29.3 Å². The number of hydrogen-bond donors (Lipinski definition) is 2. The maximum absolute atomic E-state index is 12.3. The highest BCUT2D eigenvalue weighted by Gasteiger charge is 2.23. The molecule has 1 aromatic carbocycles. The van der Waals surface area contributed by atoms with E-state index in [0.29, 0.717) is 22.5 Å². The fourth-order valence-electron chi connectivity index (χ4n) is 2.30. The number of urea groups is 1. The number of amides is 3. The fraction of sp³-hybridized carbons (Fsp3) is 0.444. The second kappa shape index (κ2) is 8.75. The van der Waals surface area contributed by atoms with Crippen molar-refractivity contribution in [1.29, 1.82) is 0 Å².